The Morgan fingerprint density at radius 3 is 2.85 bits per heavy atom. The zero-order valence-corrected chi connectivity index (χ0v) is 17.2. The van der Waals surface area contributed by atoms with Gasteiger partial charge in [0, 0.05) is 28.2 Å². The topological polar surface area (TPSA) is 60.3 Å². The number of pyridine rings is 1. The van der Waals surface area contributed by atoms with Gasteiger partial charge in [-0.2, -0.15) is 0 Å². The van der Waals surface area contributed by atoms with E-state index in [2.05, 4.69) is 21.2 Å². The van der Waals surface area contributed by atoms with Crippen molar-refractivity contribution in [3.05, 3.63) is 56.1 Å². The van der Waals surface area contributed by atoms with E-state index in [1.807, 2.05) is 24.3 Å². The van der Waals surface area contributed by atoms with Crippen LogP contribution in [-0.2, 0) is 11.3 Å². The van der Waals surface area contributed by atoms with Crippen molar-refractivity contribution in [1.29, 1.82) is 0 Å². The van der Waals surface area contributed by atoms with Crippen LogP contribution in [0.3, 0.4) is 0 Å². The Labute approximate surface area is 169 Å². The third-order valence-electron chi connectivity index (χ3n) is 4.52. The molecule has 4 rings (SSSR count). The number of carbonyl (C=O) groups is 1. The van der Waals surface area contributed by atoms with Gasteiger partial charge in [0.25, 0.3) is 5.56 Å². The molecule has 3 aromatic rings. The second-order valence-corrected chi connectivity index (χ2v) is 8.52. The highest BCUT2D eigenvalue weighted by Crippen LogP contribution is 2.39. The third-order valence-corrected chi connectivity index (χ3v) is 6.22. The molecule has 1 aromatic carbocycles. The number of nitrogens with zero attached hydrogens (tertiary/aromatic N) is 1. The minimum atomic E-state index is -0.374. The largest absolute Gasteiger partial charge is 0.462 e. The molecule has 0 bridgehead atoms. The minimum absolute atomic E-state index is 0.0277. The van der Waals surface area contributed by atoms with Crippen LogP contribution in [0.5, 0.6) is 0 Å². The molecule has 1 N–H and O–H groups in total. The van der Waals surface area contributed by atoms with Crippen molar-refractivity contribution in [2.75, 3.05) is 11.9 Å². The van der Waals surface area contributed by atoms with Gasteiger partial charge < -0.3 is 10.1 Å². The SMILES string of the molecule is CCOC(=O)c1sc2c(ccc(=O)n2CC2CC2)c1Nc1cccc(Br)c1. The molecule has 0 amide bonds. The second-order valence-electron chi connectivity index (χ2n) is 6.61. The lowest BCUT2D eigenvalue weighted by molar-refractivity contribution is 0.0533. The molecule has 1 fully saturated rings. The molecule has 140 valence electrons. The average Bonchev–Trinajstić information content (AvgIpc) is 3.38. The van der Waals surface area contributed by atoms with E-state index in [1.54, 1.807) is 23.6 Å². The Morgan fingerprint density at radius 2 is 2.15 bits per heavy atom. The van der Waals surface area contributed by atoms with Crippen molar-refractivity contribution in [2.24, 2.45) is 5.92 Å². The standard InChI is InChI=1S/C20H19BrN2O3S/c1-2-26-20(25)18-17(22-14-5-3-4-13(21)10-14)15-8-9-16(24)23(19(15)27-18)11-12-6-7-12/h3-5,8-10,12,22H,2,6-7,11H2,1H3. The van der Waals surface area contributed by atoms with E-state index in [0.29, 0.717) is 29.6 Å². The molecule has 0 aliphatic heterocycles. The summed E-state index contributed by atoms with van der Waals surface area (Å²) in [7, 11) is 0. The number of carbonyl (C=O) groups excluding carboxylic acids is 1. The molecule has 0 radical (unpaired) electrons. The highest BCUT2D eigenvalue weighted by Gasteiger charge is 2.26. The molecule has 1 saturated carbocycles. The monoisotopic (exact) mass is 446 g/mol. The fraction of sp³-hybridized carbons (Fsp3) is 0.300. The summed E-state index contributed by atoms with van der Waals surface area (Å²) in [6.07, 6.45) is 2.31. The molecule has 2 aromatic heterocycles. The van der Waals surface area contributed by atoms with E-state index in [4.69, 9.17) is 4.74 Å². The van der Waals surface area contributed by atoms with Gasteiger partial charge in [-0.1, -0.05) is 22.0 Å². The number of fused-ring (bicyclic) bond motifs is 1. The molecular weight excluding hydrogens is 428 g/mol. The summed E-state index contributed by atoms with van der Waals surface area (Å²) in [5.74, 6) is 0.185. The lowest BCUT2D eigenvalue weighted by atomic mass is 10.2. The summed E-state index contributed by atoms with van der Waals surface area (Å²) in [5, 5.41) is 4.22. The number of benzene rings is 1. The van der Waals surface area contributed by atoms with Crippen LogP contribution >= 0.6 is 27.3 Å². The zero-order valence-electron chi connectivity index (χ0n) is 14.8. The smallest absolute Gasteiger partial charge is 0.350 e. The van der Waals surface area contributed by atoms with Gasteiger partial charge in [-0.3, -0.25) is 9.36 Å². The molecular formula is C20H19BrN2O3S. The number of hydrogen-bond donors (Lipinski definition) is 1. The van der Waals surface area contributed by atoms with E-state index in [0.717, 1.165) is 33.2 Å². The van der Waals surface area contributed by atoms with Gasteiger partial charge in [-0.25, -0.2) is 4.79 Å². The van der Waals surface area contributed by atoms with Gasteiger partial charge in [-0.05, 0) is 49.9 Å². The van der Waals surface area contributed by atoms with Crippen molar-refractivity contribution in [3.63, 3.8) is 0 Å². The number of hydrogen-bond acceptors (Lipinski definition) is 5. The fourth-order valence-electron chi connectivity index (χ4n) is 3.04. The van der Waals surface area contributed by atoms with Crippen LogP contribution in [0.15, 0.2) is 45.7 Å². The number of anilines is 2. The average molecular weight is 447 g/mol. The minimum Gasteiger partial charge on any atom is -0.462 e. The first-order valence-corrected chi connectivity index (χ1v) is 10.5. The molecule has 0 unspecified atom stereocenters. The van der Waals surface area contributed by atoms with Gasteiger partial charge in [0.15, 0.2) is 0 Å². The van der Waals surface area contributed by atoms with E-state index in [-0.39, 0.29) is 11.5 Å². The number of aromatic nitrogens is 1. The molecule has 7 heteroatoms. The summed E-state index contributed by atoms with van der Waals surface area (Å²) in [4.78, 5) is 26.3. The maximum Gasteiger partial charge on any atom is 0.350 e. The van der Waals surface area contributed by atoms with Gasteiger partial charge in [0.2, 0.25) is 0 Å². The Hall–Kier alpha value is -2.12. The van der Waals surface area contributed by atoms with Crippen LogP contribution in [-0.4, -0.2) is 17.1 Å². The Morgan fingerprint density at radius 1 is 1.33 bits per heavy atom. The highest BCUT2D eigenvalue weighted by atomic mass is 79.9. The number of nitrogens with one attached hydrogen (secondary N) is 1. The number of esters is 1. The predicted octanol–water partition coefficient (Wildman–Crippen LogP) is 5.16. The molecule has 0 spiro atoms. The van der Waals surface area contributed by atoms with Crippen LogP contribution in [0.1, 0.15) is 29.4 Å². The van der Waals surface area contributed by atoms with E-state index in [9.17, 15) is 9.59 Å². The van der Waals surface area contributed by atoms with Gasteiger partial charge in [0.1, 0.15) is 9.71 Å². The van der Waals surface area contributed by atoms with Gasteiger partial charge >= 0.3 is 5.97 Å². The summed E-state index contributed by atoms with van der Waals surface area (Å²) in [5.41, 5.74) is 1.52. The van der Waals surface area contributed by atoms with Gasteiger partial charge in [-0.15, -0.1) is 11.3 Å². The quantitative estimate of drug-likeness (QED) is 0.531. The van der Waals surface area contributed by atoms with Crippen LogP contribution in [0, 0.1) is 5.92 Å². The normalized spacial score (nSPS) is 13.7. The lowest BCUT2D eigenvalue weighted by Crippen LogP contribution is -2.19. The zero-order chi connectivity index (χ0) is 19.0. The van der Waals surface area contributed by atoms with Gasteiger partial charge in [0.05, 0.1) is 12.3 Å². The number of halogens is 1. The summed E-state index contributed by atoms with van der Waals surface area (Å²) in [6.45, 7) is 2.79. The Kier molecular flexibility index (Phi) is 5.06. The number of rotatable bonds is 6. The van der Waals surface area contributed by atoms with E-state index < -0.39 is 0 Å². The first-order valence-electron chi connectivity index (χ1n) is 8.93. The Balaban J connectivity index is 1.86. The van der Waals surface area contributed by atoms with Crippen LogP contribution in [0.2, 0.25) is 0 Å². The molecule has 27 heavy (non-hydrogen) atoms. The second kappa shape index (κ2) is 7.48. The molecule has 2 heterocycles. The Bertz CT molecular complexity index is 1070. The van der Waals surface area contributed by atoms with E-state index >= 15 is 0 Å². The van der Waals surface area contributed by atoms with Crippen molar-refractivity contribution < 1.29 is 9.53 Å². The molecule has 0 saturated heterocycles. The van der Waals surface area contributed by atoms with Crippen LogP contribution < -0.4 is 10.9 Å². The van der Waals surface area contributed by atoms with Crippen molar-refractivity contribution in [1.82, 2.24) is 4.57 Å². The number of ether oxygens (including phenoxy) is 1. The molecule has 5 nitrogen and oxygen atoms in total. The number of thiophene rings is 1. The van der Waals surface area contributed by atoms with Crippen LogP contribution in [0.25, 0.3) is 10.2 Å². The van der Waals surface area contributed by atoms with Crippen molar-refractivity contribution in [3.8, 4) is 0 Å². The summed E-state index contributed by atoms with van der Waals surface area (Å²) < 4.78 is 8.00. The van der Waals surface area contributed by atoms with Crippen molar-refractivity contribution >= 4 is 54.8 Å². The predicted molar refractivity (Wildman–Crippen MR) is 112 cm³/mol. The first kappa shape index (κ1) is 18.3. The summed E-state index contributed by atoms with van der Waals surface area (Å²) in [6, 6.07) is 11.1. The van der Waals surface area contributed by atoms with Crippen LogP contribution in [0.4, 0.5) is 11.4 Å². The maximum atomic E-state index is 12.6. The first-order chi connectivity index (χ1) is 13.1. The van der Waals surface area contributed by atoms with E-state index in [1.165, 1.54) is 11.3 Å². The molecule has 1 aliphatic carbocycles. The van der Waals surface area contributed by atoms with Crippen molar-refractivity contribution in [2.45, 2.75) is 26.3 Å². The third kappa shape index (κ3) is 3.80. The summed E-state index contributed by atoms with van der Waals surface area (Å²) >= 11 is 4.79. The maximum absolute atomic E-state index is 12.6. The lowest BCUT2D eigenvalue weighted by Gasteiger charge is -2.09. The fourth-order valence-corrected chi connectivity index (χ4v) is 4.59. The molecule has 0 atom stereocenters. The highest BCUT2D eigenvalue weighted by molar-refractivity contribution is 9.10. The molecule has 1 aliphatic rings.